The van der Waals surface area contributed by atoms with Crippen molar-refractivity contribution >= 4 is 15.9 Å². The highest BCUT2D eigenvalue weighted by atomic mass is 79.9. The van der Waals surface area contributed by atoms with E-state index in [1.165, 1.54) is 12.3 Å². The van der Waals surface area contributed by atoms with Crippen LogP contribution < -0.4 is 4.74 Å². The molecule has 0 N–H and O–H groups in total. The highest BCUT2D eigenvalue weighted by Gasteiger charge is 2.11. The van der Waals surface area contributed by atoms with Crippen LogP contribution in [0.1, 0.15) is 5.56 Å². The molecule has 88 valence electrons. The first-order valence-corrected chi connectivity index (χ1v) is 5.87. The Balaban J connectivity index is 2.65. The molecule has 0 radical (unpaired) electrons. The summed E-state index contributed by atoms with van der Waals surface area (Å²) in [6, 6.07) is 7.06. The number of ether oxygens (including phenoxy) is 1. The molecule has 0 saturated carbocycles. The zero-order valence-corrected chi connectivity index (χ0v) is 11.1. The van der Waals surface area contributed by atoms with Crippen LogP contribution in [0.15, 0.2) is 34.9 Å². The molecular weight excluding hydrogens is 285 g/mol. The second kappa shape index (κ2) is 4.84. The van der Waals surface area contributed by atoms with Crippen LogP contribution in [-0.2, 0) is 0 Å². The molecule has 0 aliphatic heterocycles. The summed E-state index contributed by atoms with van der Waals surface area (Å²) in [4.78, 5) is 3.55. The van der Waals surface area contributed by atoms with Gasteiger partial charge in [-0.15, -0.1) is 0 Å². The van der Waals surface area contributed by atoms with Crippen LogP contribution in [-0.4, -0.2) is 12.1 Å². The van der Waals surface area contributed by atoms with Crippen LogP contribution in [0, 0.1) is 12.9 Å². The van der Waals surface area contributed by atoms with Gasteiger partial charge in [-0.2, -0.15) is 4.39 Å². The minimum atomic E-state index is -0.498. The lowest BCUT2D eigenvalue weighted by atomic mass is 10.0. The molecule has 0 amide bonds. The summed E-state index contributed by atoms with van der Waals surface area (Å²) in [5.41, 5.74) is 2.67. The van der Waals surface area contributed by atoms with E-state index < -0.39 is 5.95 Å². The van der Waals surface area contributed by atoms with Gasteiger partial charge in [-0.1, -0.05) is 0 Å². The molecule has 0 aliphatic rings. The molecule has 4 heteroatoms. The Kier molecular flexibility index (Phi) is 3.43. The van der Waals surface area contributed by atoms with Crippen LogP contribution in [0.25, 0.3) is 11.1 Å². The van der Waals surface area contributed by atoms with E-state index in [1.807, 2.05) is 19.1 Å². The minimum absolute atomic E-state index is 0.498. The molecule has 2 aromatic rings. The van der Waals surface area contributed by atoms with Gasteiger partial charge >= 0.3 is 0 Å². The number of benzene rings is 1. The molecule has 0 aliphatic carbocycles. The van der Waals surface area contributed by atoms with Crippen molar-refractivity contribution in [3.05, 3.63) is 46.4 Å². The number of rotatable bonds is 2. The predicted molar refractivity (Wildman–Crippen MR) is 68.6 cm³/mol. The van der Waals surface area contributed by atoms with Crippen LogP contribution in [0.4, 0.5) is 4.39 Å². The van der Waals surface area contributed by atoms with Crippen LogP contribution in [0.3, 0.4) is 0 Å². The van der Waals surface area contributed by atoms with Gasteiger partial charge in [0.15, 0.2) is 0 Å². The molecule has 1 heterocycles. The molecule has 1 aromatic carbocycles. The van der Waals surface area contributed by atoms with Crippen molar-refractivity contribution in [2.75, 3.05) is 7.11 Å². The topological polar surface area (TPSA) is 22.1 Å². The molecule has 0 bridgehead atoms. The van der Waals surface area contributed by atoms with Gasteiger partial charge in [-0.25, -0.2) is 4.98 Å². The molecular formula is C13H11BrFNO. The van der Waals surface area contributed by atoms with Crippen LogP contribution >= 0.6 is 15.9 Å². The first-order chi connectivity index (χ1) is 8.11. The first-order valence-electron chi connectivity index (χ1n) is 5.08. The van der Waals surface area contributed by atoms with Crippen molar-refractivity contribution in [1.29, 1.82) is 0 Å². The van der Waals surface area contributed by atoms with Crippen LogP contribution in [0.5, 0.6) is 5.75 Å². The highest BCUT2D eigenvalue weighted by molar-refractivity contribution is 9.10. The largest absolute Gasteiger partial charge is 0.495 e. The summed E-state index contributed by atoms with van der Waals surface area (Å²) >= 11 is 3.44. The van der Waals surface area contributed by atoms with Gasteiger partial charge in [0.25, 0.3) is 0 Å². The zero-order valence-electron chi connectivity index (χ0n) is 9.50. The summed E-state index contributed by atoms with van der Waals surface area (Å²) < 4.78 is 19.3. The predicted octanol–water partition coefficient (Wildman–Crippen LogP) is 3.97. The number of pyridine rings is 1. The smallest absolute Gasteiger partial charge is 0.213 e. The molecule has 0 unspecified atom stereocenters. The lowest BCUT2D eigenvalue weighted by Crippen LogP contribution is -1.92. The molecule has 2 nitrogen and oxygen atoms in total. The second-order valence-electron chi connectivity index (χ2n) is 3.69. The Hall–Kier alpha value is -1.42. The third-order valence-corrected chi connectivity index (χ3v) is 3.02. The highest BCUT2D eigenvalue weighted by Crippen LogP contribution is 2.37. The average Bonchev–Trinajstić information content (AvgIpc) is 2.28. The van der Waals surface area contributed by atoms with Gasteiger partial charge in [0.2, 0.25) is 5.95 Å². The quantitative estimate of drug-likeness (QED) is 0.782. The maximum absolute atomic E-state index is 13.1. The molecule has 0 atom stereocenters. The zero-order chi connectivity index (χ0) is 12.4. The van der Waals surface area contributed by atoms with Crippen LogP contribution in [0.2, 0.25) is 0 Å². The van der Waals surface area contributed by atoms with Crippen molar-refractivity contribution in [2.45, 2.75) is 6.92 Å². The van der Waals surface area contributed by atoms with Crippen molar-refractivity contribution < 1.29 is 9.13 Å². The number of aryl methyl sites for hydroxylation is 1. The van der Waals surface area contributed by atoms with E-state index in [2.05, 4.69) is 20.9 Å². The Bertz CT molecular complexity index is 557. The first kappa shape index (κ1) is 12.0. The monoisotopic (exact) mass is 295 g/mol. The lowest BCUT2D eigenvalue weighted by Gasteiger charge is -2.11. The maximum atomic E-state index is 13.1. The molecule has 2 rings (SSSR count). The Morgan fingerprint density at radius 1 is 1.29 bits per heavy atom. The van der Waals surface area contributed by atoms with Gasteiger partial charge in [-0.3, -0.25) is 0 Å². The van der Waals surface area contributed by atoms with Gasteiger partial charge in [0.1, 0.15) is 5.75 Å². The van der Waals surface area contributed by atoms with Gasteiger partial charge < -0.3 is 4.74 Å². The minimum Gasteiger partial charge on any atom is -0.495 e. The van der Waals surface area contributed by atoms with Crippen molar-refractivity contribution in [1.82, 2.24) is 4.98 Å². The van der Waals surface area contributed by atoms with E-state index in [9.17, 15) is 4.39 Å². The number of methoxy groups -OCH3 is 1. The number of hydrogen-bond acceptors (Lipinski definition) is 2. The van der Waals surface area contributed by atoms with Crippen molar-refractivity contribution in [2.24, 2.45) is 0 Å². The summed E-state index contributed by atoms with van der Waals surface area (Å²) in [5.74, 6) is 0.198. The van der Waals surface area contributed by atoms with E-state index in [4.69, 9.17) is 4.74 Å². The van der Waals surface area contributed by atoms with E-state index >= 15 is 0 Å². The molecule has 1 aromatic heterocycles. The maximum Gasteiger partial charge on any atom is 0.213 e. The van der Waals surface area contributed by atoms with Crippen molar-refractivity contribution in [3.63, 3.8) is 0 Å². The van der Waals surface area contributed by atoms with E-state index in [1.54, 1.807) is 13.2 Å². The van der Waals surface area contributed by atoms with Gasteiger partial charge in [0, 0.05) is 17.8 Å². The number of nitrogens with zero attached hydrogens (tertiary/aromatic N) is 1. The molecule has 0 spiro atoms. The fourth-order valence-corrected chi connectivity index (χ4v) is 2.46. The molecule has 0 saturated heterocycles. The standard InChI is InChI=1S/C13H11BrFNO/c1-8-5-10(13(17-2)11(14)6-8)9-3-4-16-12(15)7-9/h3-7H,1-2H3. The summed E-state index contributed by atoms with van der Waals surface area (Å²) in [5, 5.41) is 0. The number of halogens is 2. The molecule has 0 fully saturated rings. The van der Waals surface area contributed by atoms with Crippen molar-refractivity contribution in [3.8, 4) is 16.9 Å². The summed E-state index contributed by atoms with van der Waals surface area (Å²) in [6.45, 7) is 1.98. The summed E-state index contributed by atoms with van der Waals surface area (Å²) in [7, 11) is 1.59. The van der Waals surface area contributed by atoms with E-state index in [0.29, 0.717) is 5.75 Å². The van der Waals surface area contributed by atoms with Gasteiger partial charge in [0.05, 0.1) is 11.6 Å². The normalized spacial score (nSPS) is 10.4. The SMILES string of the molecule is COc1c(Br)cc(C)cc1-c1ccnc(F)c1. The number of hydrogen-bond donors (Lipinski definition) is 0. The second-order valence-corrected chi connectivity index (χ2v) is 4.55. The Morgan fingerprint density at radius 3 is 2.71 bits per heavy atom. The molecule has 17 heavy (non-hydrogen) atoms. The average molecular weight is 296 g/mol. The lowest BCUT2D eigenvalue weighted by molar-refractivity contribution is 0.413. The third-order valence-electron chi connectivity index (χ3n) is 2.43. The van der Waals surface area contributed by atoms with E-state index in [0.717, 1.165) is 21.2 Å². The summed E-state index contributed by atoms with van der Waals surface area (Å²) in [6.07, 6.45) is 1.44. The third kappa shape index (κ3) is 2.47. The fraction of sp³-hybridized carbons (Fsp3) is 0.154. The Morgan fingerprint density at radius 2 is 2.06 bits per heavy atom. The number of aromatic nitrogens is 1. The fourth-order valence-electron chi connectivity index (χ4n) is 1.72. The van der Waals surface area contributed by atoms with Gasteiger partial charge in [-0.05, 0) is 52.2 Å². The van der Waals surface area contributed by atoms with E-state index in [-0.39, 0.29) is 0 Å². The Labute approximate surface area is 108 Å².